The molecule has 4 N–H and O–H groups in total. The summed E-state index contributed by atoms with van der Waals surface area (Å²) in [6, 6.07) is 20.1. The lowest BCUT2D eigenvalue weighted by Gasteiger charge is -2.28. The molecule has 166 valence electrons. The van der Waals surface area contributed by atoms with E-state index in [2.05, 4.69) is 27.7 Å². The van der Waals surface area contributed by atoms with Crippen molar-refractivity contribution in [3.8, 4) is 0 Å². The van der Waals surface area contributed by atoms with Crippen molar-refractivity contribution in [1.82, 2.24) is 0 Å². The highest BCUT2D eigenvalue weighted by Gasteiger charge is 2.25. The van der Waals surface area contributed by atoms with Crippen LogP contribution in [0, 0.1) is 0 Å². The quantitative estimate of drug-likeness (QED) is 0.318. The minimum absolute atomic E-state index is 0.122. The summed E-state index contributed by atoms with van der Waals surface area (Å²) in [6.07, 6.45) is 1.70. The molecular formula is C26H24N4O3. The number of nitrogens with zero attached hydrogens (tertiary/aromatic N) is 1. The first kappa shape index (κ1) is 20.8. The number of anilines is 4. The van der Waals surface area contributed by atoms with Gasteiger partial charge in [-0.3, -0.25) is 9.59 Å². The average molecular weight is 441 g/mol. The maximum Gasteiger partial charge on any atom is 0.257 e. The van der Waals surface area contributed by atoms with Crippen molar-refractivity contribution >= 4 is 40.0 Å². The summed E-state index contributed by atoms with van der Waals surface area (Å²) in [5.41, 5.74) is 11.3. The number of amides is 1. The van der Waals surface area contributed by atoms with Gasteiger partial charge in [-0.25, -0.2) is 0 Å². The molecule has 2 aliphatic heterocycles. The number of hydrogen-bond donors (Lipinski definition) is 3. The van der Waals surface area contributed by atoms with E-state index in [4.69, 9.17) is 10.5 Å². The van der Waals surface area contributed by atoms with Crippen LogP contribution in [0.15, 0.2) is 72.9 Å². The average Bonchev–Trinajstić information content (AvgIpc) is 3.17. The Balaban J connectivity index is 1.32. The topological polar surface area (TPSA) is 96.7 Å². The monoisotopic (exact) mass is 440 g/mol. The number of nitrogens with one attached hydrogen (secondary N) is 2. The summed E-state index contributed by atoms with van der Waals surface area (Å²) in [5.74, 6) is -0.331. The standard InChI is InChI=1S/C26H24N4O3/c27-19-4-1-17(2-5-19)25(31)18-3-10-22-23(26(32)29-24(22)15-18)16-28-20-6-8-21(9-7-20)30-11-13-33-14-12-30/h1-10,15-16,28H,11-14,27H2,(H,29,32). The fraction of sp³-hybridized carbons (Fsp3) is 0.154. The molecule has 3 aromatic carbocycles. The third-order valence-corrected chi connectivity index (χ3v) is 5.86. The number of carbonyl (C=O) groups is 2. The molecule has 1 fully saturated rings. The van der Waals surface area contributed by atoms with E-state index in [0.717, 1.165) is 43.2 Å². The van der Waals surface area contributed by atoms with Gasteiger partial charge in [0.2, 0.25) is 0 Å². The molecule has 0 unspecified atom stereocenters. The van der Waals surface area contributed by atoms with E-state index in [9.17, 15) is 9.59 Å². The van der Waals surface area contributed by atoms with Gasteiger partial charge >= 0.3 is 0 Å². The van der Waals surface area contributed by atoms with Gasteiger partial charge in [0.05, 0.1) is 18.8 Å². The normalized spacial score (nSPS) is 16.4. The van der Waals surface area contributed by atoms with Gasteiger partial charge in [-0.1, -0.05) is 12.1 Å². The van der Waals surface area contributed by atoms with Crippen LogP contribution in [0.25, 0.3) is 5.57 Å². The predicted molar refractivity (Wildman–Crippen MR) is 130 cm³/mol. The Morgan fingerprint density at radius 2 is 1.67 bits per heavy atom. The van der Waals surface area contributed by atoms with Crippen LogP contribution in [0.1, 0.15) is 21.5 Å². The lowest BCUT2D eigenvalue weighted by Crippen LogP contribution is -2.36. The molecule has 0 saturated carbocycles. The van der Waals surface area contributed by atoms with E-state index in [1.54, 1.807) is 48.7 Å². The molecule has 0 bridgehead atoms. The number of fused-ring (bicyclic) bond motifs is 1. The molecular weight excluding hydrogens is 416 g/mol. The van der Waals surface area contributed by atoms with Crippen LogP contribution >= 0.6 is 0 Å². The molecule has 3 aromatic rings. The van der Waals surface area contributed by atoms with Gasteiger partial charge in [0.1, 0.15) is 0 Å². The summed E-state index contributed by atoms with van der Waals surface area (Å²) < 4.78 is 5.40. The predicted octanol–water partition coefficient (Wildman–Crippen LogP) is 3.74. The Hall–Kier alpha value is -4.10. The lowest BCUT2D eigenvalue weighted by atomic mass is 9.99. The van der Waals surface area contributed by atoms with E-state index in [0.29, 0.717) is 28.1 Å². The number of morpholine rings is 1. The van der Waals surface area contributed by atoms with Gasteiger partial charge in [-0.05, 0) is 54.6 Å². The van der Waals surface area contributed by atoms with E-state index < -0.39 is 0 Å². The van der Waals surface area contributed by atoms with Crippen LogP contribution < -0.4 is 21.3 Å². The van der Waals surface area contributed by atoms with Crippen LogP contribution in [0.3, 0.4) is 0 Å². The molecule has 0 aromatic heterocycles. The minimum Gasteiger partial charge on any atom is -0.399 e. The Bertz CT molecular complexity index is 1230. The number of hydrogen-bond acceptors (Lipinski definition) is 6. The van der Waals surface area contributed by atoms with Gasteiger partial charge in [0.15, 0.2) is 5.78 Å². The molecule has 7 heteroatoms. The Morgan fingerprint density at radius 3 is 2.39 bits per heavy atom. The van der Waals surface area contributed by atoms with Gasteiger partial charge < -0.3 is 26.0 Å². The van der Waals surface area contributed by atoms with E-state index in [-0.39, 0.29) is 11.7 Å². The van der Waals surface area contributed by atoms with Crippen molar-refractivity contribution in [2.24, 2.45) is 0 Å². The first-order valence-corrected chi connectivity index (χ1v) is 10.8. The first-order chi connectivity index (χ1) is 16.1. The van der Waals surface area contributed by atoms with Crippen LogP contribution in [0.5, 0.6) is 0 Å². The van der Waals surface area contributed by atoms with E-state index >= 15 is 0 Å². The van der Waals surface area contributed by atoms with E-state index in [1.807, 2.05) is 12.1 Å². The van der Waals surface area contributed by atoms with Gasteiger partial charge in [-0.15, -0.1) is 0 Å². The number of nitrogen functional groups attached to an aromatic ring is 1. The fourth-order valence-corrected chi connectivity index (χ4v) is 4.03. The highest BCUT2D eigenvalue weighted by Crippen LogP contribution is 2.33. The molecule has 7 nitrogen and oxygen atoms in total. The van der Waals surface area contributed by atoms with Crippen LogP contribution in [0.2, 0.25) is 0 Å². The van der Waals surface area contributed by atoms with Crippen LogP contribution in [-0.4, -0.2) is 38.0 Å². The van der Waals surface area contributed by atoms with Crippen molar-refractivity contribution in [3.05, 3.63) is 89.6 Å². The number of benzene rings is 3. The zero-order valence-electron chi connectivity index (χ0n) is 18.0. The fourth-order valence-electron chi connectivity index (χ4n) is 4.03. The maximum atomic E-state index is 12.8. The second-order valence-electron chi connectivity index (χ2n) is 8.01. The van der Waals surface area contributed by atoms with Gasteiger partial charge in [0.25, 0.3) is 5.91 Å². The molecule has 0 spiro atoms. The Morgan fingerprint density at radius 1 is 0.970 bits per heavy atom. The zero-order valence-corrected chi connectivity index (χ0v) is 18.0. The number of nitrogens with two attached hydrogens (primary N) is 1. The Labute approximate surface area is 191 Å². The van der Waals surface area contributed by atoms with E-state index in [1.165, 1.54) is 0 Å². The lowest BCUT2D eigenvalue weighted by molar-refractivity contribution is -0.110. The number of ether oxygens (including phenoxy) is 1. The summed E-state index contributed by atoms with van der Waals surface area (Å²) in [4.78, 5) is 27.6. The van der Waals surface area contributed by atoms with Crippen molar-refractivity contribution in [2.45, 2.75) is 0 Å². The molecule has 0 radical (unpaired) electrons. The molecule has 1 saturated heterocycles. The number of carbonyl (C=O) groups excluding carboxylic acids is 2. The largest absolute Gasteiger partial charge is 0.399 e. The summed E-state index contributed by atoms with van der Waals surface area (Å²) in [6.45, 7) is 3.26. The van der Waals surface area contributed by atoms with Crippen molar-refractivity contribution < 1.29 is 14.3 Å². The molecule has 2 heterocycles. The highest BCUT2D eigenvalue weighted by atomic mass is 16.5. The highest BCUT2D eigenvalue weighted by molar-refractivity contribution is 6.32. The third kappa shape index (κ3) is 4.31. The molecule has 0 atom stereocenters. The van der Waals surface area contributed by atoms with Crippen molar-refractivity contribution in [2.75, 3.05) is 47.6 Å². The summed E-state index contributed by atoms with van der Waals surface area (Å²) in [5, 5.41) is 6.07. The van der Waals surface area contributed by atoms with Crippen molar-refractivity contribution in [3.63, 3.8) is 0 Å². The Kier molecular flexibility index (Phi) is 5.54. The van der Waals surface area contributed by atoms with Crippen LogP contribution in [0.4, 0.5) is 22.7 Å². The SMILES string of the molecule is Nc1ccc(C(=O)c2ccc3c(c2)NC(=O)C3=CNc2ccc(N3CCOCC3)cc2)cc1. The minimum atomic E-state index is -0.209. The zero-order chi connectivity index (χ0) is 22.8. The van der Waals surface area contributed by atoms with Gasteiger partial charge in [-0.2, -0.15) is 0 Å². The second kappa shape index (κ2) is 8.80. The summed E-state index contributed by atoms with van der Waals surface area (Å²) >= 11 is 0. The van der Waals surface area contributed by atoms with Crippen LogP contribution in [-0.2, 0) is 9.53 Å². The van der Waals surface area contributed by atoms with Crippen molar-refractivity contribution in [1.29, 1.82) is 0 Å². The molecule has 0 aliphatic carbocycles. The summed E-state index contributed by atoms with van der Waals surface area (Å²) in [7, 11) is 0. The molecule has 1 amide bonds. The molecule has 33 heavy (non-hydrogen) atoms. The van der Waals surface area contributed by atoms with Gasteiger partial charge in [0, 0.05) is 58.7 Å². The first-order valence-electron chi connectivity index (χ1n) is 10.8. The maximum absolute atomic E-state index is 12.8. The smallest absolute Gasteiger partial charge is 0.257 e. The number of rotatable bonds is 5. The third-order valence-electron chi connectivity index (χ3n) is 5.86. The molecule has 2 aliphatic rings. The molecule has 5 rings (SSSR count). The number of ketones is 1. The second-order valence-corrected chi connectivity index (χ2v) is 8.01.